The van der Waals surface area contributed by atoms with Crippen molar-refractivity contribution in [3.63, 3.8) is 0 Å². The molecular formula is C26H24ClN3O4S. The Morgan fingerprint density at radius 3 is 2.37 bits per heavy atom. The van der Waals surface area contributed by atoms with Crippen LogP contribution in [0.15, 0.2) is 75.6 Å². The summed E-state index contributed by atoms with van der Waals surface area (Å²) in [4.78, 5) is 51.0. The van der Waals surface area contributed by atoms with Gasteiger partial charge in [0, 0.05) is 29.2 Å². The number of halogens is 1. The highest BCUT2D eigenvalue weighted by atomic mass is 35.5. The van der Waals surface area contributed by atoms with E-state index in [1.54, 1.807) is 35.7 Å². The highest BCUT2D eigenvalue weighted by Crippen LogP contribution is 2.17. The van der Waals surface area contributed by atoms with Gasteiger partial charge in [0.2, 0.25) is 5.91 Å². The number of nitrogens with one attached hydrogen (secondary N) is 1. The Bertz CT molecular complexity index is 1460. The average molecular weight is 510 g/mol. The van der Waals surface area contributed by atoms with Crippen molar-refractivity contribution in [3.8, 4) is 0 Å². The van der Waals surface area contributed by atoms with Gasteiger partial charge in [-0.05, 0) is 60.7 Å². The summed E-state index contributed by atoms with van der Waals surface area (Å²) < 4.78 is 2.99. The van der Waals surface area contributed by atoms with E-state index in [-0.39, 0.29) is 30.3 Å². The molecule has 1 N–H and O–H groups in total. The molecule has 7 nitrogen and oxygen atoms in total. The fourth-order valence-electron chi connectivity index (χ4n) is 3.83. The minimum absolute atomic E-state index is 0.0727. The number of nitrogens with zero attached hydrogens (tertiary/aromatic N) is 2. The van der Waals surface area contributed by atoms with E-state index >= 15 is 0 Å². The summed E-state index contributed by atoms with van der Waals surface area (Å²) in [6.07, 6.45) is 2.24. The van der Waals surface area contributed by atoms with Gasteiger partial charge in [-0.25, -0.2) is 4.79 Å². The number of benzene rings is 2. The molecular weight excluding hydrogens is 486 g/mol. The average Bonchev–Trinajstić information content (AvgIpc) is 3.34. The Morgan fingerprint density at radius 2 is 1.63 bits per heavy atom. The molecule has 0 aliphatic heterocycles. The quantitative estimate of drug-likeness (QED) is 0.241. The number of aromatic nitrogens is 2. The Hall–Kier alpha value is -3.49. The van der Waals surface area contributed by atoms with Gasteiger partial charge in [0.05, 0.1) is 12.1 Å². The summed E-state index contributed by atoms with van der Waals surface area (Å²) >= 11 is 7.15. The minimum Gasteiger partial charge on any atom is -0.326 e. The van der Waals surface area contributed by atoms with E-state index in [2.05, 4.69) is 5.32 Å². The Kier molecular flexibility index (Phi) is 7.94. The van der Waals surface area contributed by atoms with Crippen LogP contribution in [0.1, 0.15) is 36.0 Å². The fraction of sp³-hybridized carbons (Fsp3) is 0.231. The van der Waals surface area contributed by atoms with Crippen LogP contribution in [0.3, 0.4) is 0 Å². The van der Waals surface area contributed by atoms with Gasteiger partial charge in [-0.1, -0.05) is 36.2 Å². The predicted molar refractivity (Wildman–Crippen MR) is 140 cm³/mol. The van der Waals surface area contributed by atoms with Crippen molar-refractivity contribution in [2.24, 2.45) is 0 Å². The number of anilines is 1. The monoisotopic (exact) mass is 509 g/mol. The van der Waals surface area contributed by atoms with Crippen molar-refractivity contribution in [2.75, 3.05) is 5.32 Å². The zero-order chi connectivity index (χ0) is 24.8. The Labute approximate surface area is 210 Å². The van der Waals surface area contributed by atoms with Crippen LogP contribution in [0.2, 0.25) is 5.02 Å². The third kappa shape index (κ3) is 5.96. The maximum atomic E-state index is 13.2. The summed E-state index contributed by atoms with van der Waals surface area (Å²) in [5, 5.41) is 5.10. The number of carbonyl (C=O) groups excluding carboxylic acids is 2. The first-order chi connectivity index (χ1) is 16.9. The summed E-state index contributed by atoms with van der Waals surface area (Å²) in [5.41, 5.74) is 0.793. The van der Waals surface area contributed by atoms with Crippen LogP contribution in [0.5, 0.6) is 0 Å². The van der Waals surface area contributed by atoms with Gasteiger partial charge < -0.3 is 5.32 Å². The third-order valence-corrected chi connectivity index (χ3v) is 6.79. The third-order valence-electron chi connectivity index (χ3n) is 5.65. The number of ketones is 1. The first-order valence-corrected chi connectivity index (χ1v) is 12.5. The molecule has 0 bridgehead atoms. The first kappa shape index (κ1) is 24.6. The van der Waals surface area contributed by atoms with Crippen LogP contribution < -0.4 is 16.6 Å². The van der Waals surface area contributed by atoms with E-state index in [9.17, 15) is 19.2 Å². The fourth-order valence-corrected chi connectivity index (χ4v) is 4.80. The van der Waals surface area contributed by atoms with Gasteiger partial charge in [-0.3, -0.25) is 23.5 Å². The molecule has 4 rings (SSSR count). The molecule has 0 aliphatic carbocycles. The molecule has 0 spiro atoms. The molecule has 0 unspecified atom stereocenters. The highest BCUT2D eigenvalue weighted by molar-refractivity contribution is 7.17. The number of fused-ring (bicyclic) bond motifs is 1. The van der Waals surface area contributed by atoms with E-state index in [1.165, 1.54) is 20.5 Å². The van der Waals surface area contributed by atoms with Gasteiger partial charge in [0.15, 0.2) is 5.78 Å². The molecule has 0 radical (unpaired) electrons. The molecule has 0 saturated carbocycles. The lowest BCUT2D eigenvalue weighted by Gasteiger charge is -2.12. The molecule has 0 fully saturated rings. The first-order valence-electron chi connectivity index (χ1n) is 11.3. The molecule has 9 heteroatoms. The second kappa shape index (κ2) is 11.3. The summed E-state index contributed by atoms with van der Waals surface area (Å²) in [6.45, 7) is 0.0502. The summed E-state index contributed by atoms with van der Waals surface area (Å²) in [7, 11) is 0. The van der Waals surface area contributed by atoms with Crippen LogP contribution in [0.4, 0.5) is 5.69 Å². The zero-order valence-corrected chi connectivity index (χ0v) is 20.5. The lowest BCUT2D eigenvalue weighted by molar-refractivity contribution is -0.116. The molecule has 0 aliphatic rings. The second-order valence-electron chi connectivity index (χ2n) is 8.12. The lowest BCUT2D eigenvalue weighted by Crippen LogP contribution is -2.40. The van der Waals surface area contributed by atoms with Crippen LogP contribution >= 0.6 is 22.9 Å². The molecule has 0 atom stereocenters. The molecule has 0 saturated heterocycles. The maximum absolute atomic E-state index is 13.2. The predicted octanol–water partition coefficient (Wildman–Crippen LogP) is 4.96. The number of hydrogen-bond acceptors (Lipinski definition) is 5. The molecule has 2 aromatic heterocycles. The number of carbonyl (C=O) groups is 2. The van der Waals surface area contributed by atoms with Gasteiger partial charge in [0.1, 0.15) is 4.70 Å². The van der Waals surface area contributed by atoms with Crippen molar-refractivity contribution in [1.29, 1.82) is 0 Å². The zero-order valence-electron chi connectivity index (χ0n) is 18.9. The van der Waals surface area contributed by atoms with E-state index < -0.39 is 5.69 Å². The number of thiophene rings is 1. The number of unbranched alkanes of at least 4 members (excludes halogenated alkanes) is 2. The molecule has 35 heavy (non-hydrogen) atoms. The Morgan fingerprint density at radius 1 is 0.886 bits per heavy atom. The number of para-hydroxylation sites is 1. The van der Waals surface area contributed by atoms with Crippen molar-refractivity contribution in [2.45, 2.75) is 38.8 Å². The van der Waals surface area contributed by atoms with Gasteiger partial charge in [0.25, 0.3) is 5.56 Å². The SMILES string of the molecule is O=C(CCCCCn1c(=O)c2sccc2n(CC(=O)c2ccc(Cl)cc2)c1=O)Nc1ccccc1. The van der Waals surface area contributed by atoms with Crippen molar-refractivity contribution < 1.29 is 9.59 Å². The molecule has 4 aromatic rings. The number of rotatable bonds is 10. The van der Waals surface area contributed by atoms with E-state index in [4.69, 9.17) is 11.6 Å². The van der Waals surface area contributed by atoms with Crippen LogP contribution in [0.25, 0.3) is 10.2 Å². The topological polar surface area (TPSA) is 90.2 Å². The van der Waals surface area contributed by atoms with Crippen molar-refractivity contribution in [1.82, 2.24) is 9.13 Å². The molecule has 2 aromatic carbocycles. The molecule has 180 valence electrons. The number of amides is 1. The Balaban J connectivity index is 1.42. The molecule has 2 heterocycles. The van der Waals surface area contributed by atoms with E-state index in [1.807, 2.05) is 30.3 Å². The van der Waals surface area contributed by atoms with Crippen molar-refractivity contribution >= 4 is 50.5 Å². The summed E-state index contributed by atoms with van der Waals surface area (Å²) in [5.74, 6) is -0.317. The number of hydrogen-bond donors (Lipinski definition) is 1. The molecule has 1 amide bonds. The van der Waals surface area contributed by atoms with Gasteiger partial charge >= 0.3 is 5.69 Å². The summed E-state index contributed by atoms with van der Waals surface area (Å²) in [6, 6.07) is 17.4. The van der Waals surface area contributed by atoms with E-state index in [0.717, 1.165) is 5.69 Å². The maximum Gasteiger partial charge on any atom is 0.331 e. The van der Waals surface area contributed by atoms with Gasteiger partial charge in [-0.15, -0.1) is 11.3 Å². The van der Waals surface area contributed by atoms with E-state index in [0.29, 0.717) is 46.5 Å². The van der Waals surface area contributed by atoms with Crippen molar-refractivity contribution in [3.05, 3.63) is 97.5 Å². The normalized spacial score (nSPS) is 11.0. The standard InChI is InChI=1S/C26H24ClN3O4S/c27-19-12-10-18(11-13-19)22(31)17-30-21-14-16-35-24(21)25(33)29(26(30)34)15-6-2-5-9-23(32)28-20-7-3-1-4-8-20/h1,3-4,7-8,10-14,16H,2,5-6,9,15,17H2,(H,28,32). The van der Waals surface area contributed by atoms with Crippen LogP contribution in [-0.2, 0) is 17.9 Å². The number of Topliss-reactive ketones (excluding diaryl/α,β-unsaturated/α-hetero) is 1. The highest BCUT2D eigenvalue weighted by Gasteiger charge is 2.17. The largest absolute Gasteiger partial charge is 0.331 e. The van der Waals surface area contributed by atoms with Crippen LogP contribution in [-0.4, -0.2) is 20.8 Å². The second-order valence-corrected chi connectivity index (χ2v) is 9.47. The van der Waals surface area contributed by atoms with Crippen LogP contribution in [0, 0.1) is 0 Å². The minimum atomic E-state index is -0.509. The lowest BCUT2D eigenvalue weighted by atomic mass is 10.1. The van der Waals surface area contributed by atoms with Gasteiger partial charge in [-0.2, -0.15) is 0 Å². The smallest absolute Gasteiger partial charge is 0.326 e.